The van der Waals surface area contributed by atoms with Crippen molar-refractivity contribution in [3.63, 3.8) is 0 Å². The molecule has 1 amide bonds. The van der Waals surface area contributed by atoms with Crippen molar-refractivity contribution in [1.82, 2.24) is 5.32 Å². The minimum atomic E-state index is -0.526. The van der Waals surface area contributed by atoms with Crippen LogP contribution in [0, 0.1) is 0 Å². The van der Waals surface area contributed by atoms with E-state index in [0.29, 0.717) is 30.2 Å². The highest BCUT2D eigenvalue weighted by atomic mass is 16.7. The zero-order chi connectivity index (χ0) is 15.4. The number of hydrogen-bond donors (Lipinski definition) is 1. The summed E-state index contributed by atoms with van der Waals surface area (Å²) in [5.41, 5.74) is 0. The lowest BCUT2D eigenvalue weighted by molar-refractivity contribution is -0.128. The Morgan fingerprint density at radius 2 is 2.27 bits per heavy atom. The summed E-state index contributed by atoms with van der Waals surface area (Å²) >= 11 is 0. The molecule has 1 aromatic rings. The summed E-state index contributed by atoms with van der Waals surface area (Å²) < 4.78 is 21.8. The van der Waals surface area contributed by atoms with Gasteiger partial charge in [-0.05, 0) is 31.4 Å². The topological polar surface area (TPSA) is 66.0 Å². The van der Waals surface area contributed by atoms with E-state index in [1.165, 1.54) is 0 Å². The smallest absolute Gasteiger partial charge is 0.261 e. The first-order valence-corrected chi connectivity index (χ1v) is 7.72. The summed E-state index contributed by atoms with van der Waals surface area (Å²) in [7, 11) is 0. The fourth-order valence-corrected chi connectivity index (χ4v) is 2.57. The second-order valence-electron chi connectivity index (χ2n) is 5.41. The van der Waals surface area contributed by atoms with Crippen molar-refractivity contribution in [2.45, 2.75) is 38.4 Å². The molecule has 2 atom stereocenters. The maximum absolute atomic E-state index is 12.2. The molecule has 2 heterocycles. The molecule has 0 saturated carbocycles. The number of carbonyl (C=O) groups excluding carboxylic acids is 1. The number of nitrogens with one attached hydrogen (secondary N) is 1. The van der Waals surface area contributed by atoms with Crippen LogP contribution in [0.4, 0.5) is 0 Å². The molecular weight excluding hydrogens is 286 g/mol. The number of carbonyl (C=O) groups is 1. The summed E-state index contributed by atoms with van der Waals surface area (Å²) in [5, 5.41) is 2.90. The summed E-state index contributed by atoms with van der Waals surface area (Å²) in [6, 6.07) is 5.32. The number of rotatable bonds is 6. The molecule has 0 bridgehead atoms. The summed E-state index contributed by atoms with van der Waals surface area (Å²) in [4.78, 5) is 12.2. The second-order valence-corrected chi connectivity index (χ2v) is 5.41. The Labute approximate surface area is 129 Å². The Balaban J connectivity index is 1.55. The van der Waals surface area contributed by atoms with Crippen molar-refractivity contribution < 1.29 is 23.7 Å². The third-order valence-corrected chi connectivity index (χ3v) is 3.81. The molecule has 0 aliphatic carbocycles. The second kappa shape index (κ2) is 6.87. The third kappa shape index (κ3) is 3.44. The maximum Gasteiger partial charge on any atom is 0.261 e. The van der Waals surface area contributed by atoms with Crippen molar-refractivity contribution in [3.05, 3.63) is 18.2 Å². The van der Waals surface area contributed by atoms with Crippen molar-refractivity contribution in [3.8, 4) is 17.2 Å². The lowest BCUT2D eigenvalue weighted by Crippen LogP contribution is -2.41. The van der Waals surface area contributed by atoms with E-state index in [1.54, 1.807) is 18.2 Å². The zero-order valence-electron chi connectivity index (χ0n) is 12.7. The highest BCUT2D eigenvalue weighted by molar-refractivity contribution is 5.81. The number of hydrogen-bond acceptors (Lipinski definition) is 5. The molecule has 2 aliphatic rings. The Morgan fingerprint density at radius 3 is 3.05 bits per heavy atom. The average molecular weight is 307 g/mol. The van der Waals surface area contributed by atoms with E-state index in [4.69, 9.17) is 18.9 Å². The fourth-order valence-electron chi connectivity index (χ4n) is 2.57. The normalized spacial score (nSPS) is 20.7. The van der Waals surface area contributed by atoms with Crippen molar-refractivity contribution >= 4 is 5.91 Å². The Morgan fingerprint density at radius 1 is 1.41 bits per heavy atom. The summed E-state index contributed by atoms with van der Waals surface area (Å²) in [6.45, 7) is 3.46. The standard InChI is InChI=1S/C16H21NO5/c1-2-13(16(18)17-9-12-4-3-7-19-12)22-11-5-6-14-15(8-11)21-10-20-14/h5-6,8,12-13H,2-4,7,9-10H2,1H3,(H,17,18). The van der Waals surface area contributed by atoms with Crippen LogP contribution in [0.3, 0.4) is 0 Å². The lowest BCUT2D eigenvalue weighted by Gasteiger charge is -2.18. The molecule has 6 nitrogen and oxygen atoms in total. The van der Waals surface area contributed by atoms with Crippen LogP contribution < -0.4 is 19.5 Å². The first-order chi connectivity index (χ1) is 10.8. The van der Waals surface area contributed by atoms with Gasteiger partial charge in [-0.2, -0.15) is 0 Å². The van der Waals surface area contributed by atoms with Gasteiger partial charge in [0, 0.05) is 19.2 Å². The first-order valence-electron chi connectivity index (χ1n) is 7.72. The van der Waals surface area contributed by atoms with Gasteiger partial charge in [-0.1, -0.05) is 6.92 Å². The average Bonchev–Trinajstić information content (AvgIpc) is 3.20. The minimum Gasteiger partial charge on any atom is -0.480 e. The van der Waals surface area contributed by atoms with Crippen LogP contribution in [0.1, 0.15) is 26.2 Å². The van der Waals surface area contributed by atoms with E-state index in [1.807, 2.05) is 6.92 Å². The van der Waals surface area contributed by atoms with Crippen LogP contribution in [-0.2, 0) is 9.53 Å². The molecule has 1 saturated heterocycles. The van der Waals surface area contributed by atoms with Gasteiger partial charge in [-0.25, -0.2) is 0 Å². The highest BCUT2D eigenvalue weighted by Gasteiger charge is 2.22. The van der Waals surface area contributed by atoms with Crippen LogP contribution in [0.2, 0.25) is 0 Å². The van der Waals surface area contributed by atoms with Gasteiger partial charge in [-0.15, -0.1) is 0 Å². The molecule has 120 valence electrons. The molecule has 22 heavy (non-hydrogen) atoms. The third-order valence-electron chi connectivity index (χ3n) is 3.81. The number of amides is 1. The molecule has 1 N–H and O–H groups in total. The van der Waals surface area contributed by atoms with Crippen LogP contribution in [0.5, 0.6) is 17.2 Å². The van der Waals surface area contributed by atoms with E-state index in [2.05, 4.69) is 5.32 Å². The van der Waals surface area contributed by atoms with Crippen LogP contribution in [0.15, 0.2) is 18.2 Å². The van der Waals surface area contributed by atoms with Gasteiger partial charge in [0.05, 0.1) is 6.10 Å². The van der Waals surface area contributed by atoms with E-state index in [-0.39, 0.29) is 18.8 Å². The molecule has 6 heteroatoms. The Kier molecular flexibility index (Phi) is 4.68. The largest absolute Gasteiger partial charge is 0.480 e. The van der Waals surface area contributed by atoms with E-state index < -0.39 is 6.10 Å². The van der Waals surface area contributed by atoms with E-state index in [9.17, 15) is 4.79 Å². The summed E-state index contributed by atoms with van der Waals surface area (Å²) in [5.74, 6) is 1.83. The molecule has 2 unspecified atom stereocenters. The minimum absolute atomic E-state index is 0.115. The molecule has 1 fully saturated rings. The van der Waals surface area contributed by atoms with E-state index in [0.717, 1.165) is 19.4 Å². The SMILES string of the molecule is CCC(Oc1ccc2c(c1)OCO2)C(=O)NCC1CCCO1. The molecule has 1 aromatic carbocycles. The lowest BCUT2D eigenvalue weighted by atomic mass is 10.2. The predicted octanol–water partition coefficient (Wildman–Crippen LogP) is 1.87. The van der Waals surface area contributed by atoms with Crippen LogP contribution >= 0.6 is 0 Å². The highest BCUT2D eigenvalue weighted by Crippen LogP contribution is 2.35. The van der Waals surface area contributed by atoms with Gasteiger partial charge in [0.15, 0.2) is 17.6 Å². The van der Waals surface area contributed by atoms with Crippen molar-refractivity contribution in [2.24, 2.45) is 0 Å². The number of fused-ring (bicyclic) bond motifs is 1. The van der Waals surface area contributed by atoms with Gasteiger partial charge in [0.1, 0.15) is 5.75 Å². The molecule has 0 radical (unpaired) electrons. The molecule has 0 aromatic heterocycles. The predicted molar refractivity (Wildman–Crippen MR) is 79.3 cm³/mol. The molecule has 0 spiro atoms. The quantitative estimate of drug-likeness (QED) is 0.869. The zero-order valence-corrected chi connectivity index (χ0v) is 12.7. The Bertz CT molecular complexity index is 527. The maximum atomic E-state index is 12.2. The van der Waals surface area contributed by atoms with Gasteiger partial charge in [-0.3, -0.25) is 4.79 Å². The Hall–Kier alpha value is -1.95. The van der Waals surface area contributed by atoms with Gasteiger partial charge in [0.2, 0.25) is 6.79 Å². The number of benzene rings is 1. The molecular formula is C16H21NO5. The monoisotopic (exact) mass is 307 g/mol. The van der Waals surface area contributed by atoms with Gasteiger partial charge < -0.3 is 24.3 Å². The van der Waals surface area contributed by atoms with Crippen molar-refractivity contribution in [1.29, 1.82) is 0 Å². The van der Waals surface area contributed by atoms with E-state index >= 15 is 0 Å². The fraction of sp³-hybridized carbons (Fsp3) is 0.562. The van der Waals surface area contributed by atoms with Gasteiger partial charge in [0.25, 0.3) is 5.91 Å². The van der Waals surface area contributed by atoms with Crippen LogP contribution in [0.25, 0.3) is 0 Å². The van der Waals surface area contributed by atoms with Gasteiger partial charge >= 0.3 is 0 Å². The van der Waals surface area contributed by atoms with Crippen LogP contribution in [-0.4, -0.2) is 38.1 Å². The molecule has 3 rings (SSSR count). The summed E-state index contributed by atoms with van der Waals surface area (Å²) in [6.07, 6.45) is 2.26. The van der Waals surface area contributed by atoms with Crippen molar-refractivity contribution in [2.75, 3.05) is 19.9 Å². The molecule has 2 aliphatic heterocycles. The number of ether oxygens (including phenoxy) is 4. The first kappa shape index (κ1) is 15.0.